The number of carbonyl (C=O) groups excluding carboxylic acids is 2. The molecule has 2 aromatic rings. The summed E-state index contributed by atoms with van der Waals surface area (Å²) >= 11 is 0. The molecule has 0 radical (unpaired) electrons. The van der Waals surface area contributed by atoms with Crippen LogP contribution in [0.5, 0.6) is 0 Å². The van der Waals surface area contributed by atoms with Crippen molar-refractivity contribution in [2.45, 2.75) is 45.3 Å². The highest BCUT2D eigenvalue weighted by Gasteiger charge is 2.24. The molecule has 162 valence electrons. The summed E-state index contributed by atoms with van der Waals surface area (Å²) in [5, 5.41) is 14.6. The van der Waals surface area contributed by atoms with Crippen LogP contribution in [0.3, 0.4) is 0 Å². The highest BCUT2D eigenvalue weighted by Crippen LogP contribution is 2.06. The Hall–Kier alpha value is -3.20. The van der Waals surface area contributed by atoms with E-state index in [1.807, 2.05) is 19.9 Å². The summed E-state index contributed by atoms with van der Waals surface area (Å²) < 4.78 is 1.80. The number of nitrogens with one attached hydrogen (secondary N) is 2. The van der Waals surface area contributed by atoms with Crippen molar-refractivity contribution in [3.8, 4) is 0 Å². The van der Waals surface area contributed by atoms with E-state index in [2.05, 4.69) is 15.6 Å². The van der Waals surface area contributed by atoms with E-state index >= 15 is 0 Å². The second-order valence-electron chi connectivity index (χ2n) is 7.56. The molecule has 0 aliphatic carbocycles. The lowest BCUT2D eigenvalue weighted by Gasteiger charge is -2.18. The lowest BCUT2D eigenvalue weighted by Crippen LogP contribution is -2.49. The zero-order chi connectivity index (χ0) is 22.1. The van der Waals surface area contributed by atoms with Crippen LogP contribution in [0.2, 0.25) is 0 Å². The molecular weight excluding hydrogens is 386 g/mol. The van der Waals surface area contributed by atoms with Crippen LogP contribution in [0.4, 0.5) is 0 Å². The smallest absolute Gasteiger partial charge is 0.326 e. The Kier molecular flexibility index (Phi) is 8.54. The molecule has 0 fully saturated rings. The molecule has 9 heteroatoms. The maximum absolute atomic E-state index is 12.3. The second-order valence-corrected chi connectivity index (χ2v) is 7.56. The Morgan fingerprint density at radius 3 is 2.53 bits per heavy atom. The summed E-state index contributed by atoms with van der Waals surface area (Å²) in [4.78, 5) is 39.8. The number of aliphatic carboxylic acids is 1. The van der Waals surface area contributed by atoms with Gasteiger partial charge >= 0.3 is 5.97 Å². The van der Waals surface area contributed by atoms with Crippen LogP contribution < -0.4 is 16.4 Å². The molecule has 30 heavy (non-hydrogen) atoms. The monoisotopic (exact) mass is 415 g/mol. The number of nitrogens with zero attached hydrogens (tertiary/aromatic N) is 2. The molecule has 1 heterocycles. The number of hydrogen-bond donors (Lipinski definition) is 4. The van der Waals surface area contributed by atoms with Gasteiger partial charge in [0.2, 0.25) is 5.91 Å². The van der Waals surface area contributed by atoms with Gasteiger partial charge in [0.1, 0.15) is 6.04 Å². The van der Waals surface area contributed by atoms with Crippen molar-refractivity contribution in [2.75, 3.05) is 6.54 Å². The van der Waals surface area contributed by atoms with Gasteiger partial charge in [-0.2, -0.15) is 0 Å². The van der Waals surface area contributed by atoms with Crippen LogP contribution in [0.25, 0.3) is 0 Å². The van der Waals surface area contributed by atoms with Crippen molar-refractivity contribution in [1.82, 2.24) is 20.2 Å². The van der Waals surface area contributed by atoms with E-state index in [4.69, 9.17) is 5.73 Å². The standard InChI is InChI=1S/C21H29N5O4/c1-14(2)10-18(21(29)30)25-20(28)17(22)11-16-12-26(13-24-16)9-8-23-19(27)15-6-4-3-5-7-15/h3-7,12-14,17-18H,8-11,22H2,1-2H3,(H,23,27)(H,25,28)(H,29,30)/t17-,18-/m0/s1. The Morgan fingerprint density at radius 2 is 1.90 bits per heavy atom. The molecule has 0 spiro atoms. The van der Waals surface area contributed by atoms with E-state index in [0.29, 0.717) is 30.8 Å². The average Bonchev–Trinajstić information content (AvgIpc) is 3.14. The van der Waals surface area contributed by atoms with Gasteiger partial charge in [-0.25, -0.2) is 9.78 Å². The number of benzene rings is 1. The first-order valence-corrected chi connectivity index (χ1v) is 9.89. The molecule has 1 aromatic heterocycles. The van der Waals surface area contributed by atoms with Gasteiger partial charge in [-0.15, -0.1) is 0 Å². The molecule has 2 amide bonds. The summed E-state index contributed by atoms with van der Waals surface area (Å²) in [5.41, 5.74) is 7.14. The maximum Gasteiger partial charge on any atom is 0.326 e. The summed E-state index contributed by atoms with van der Waals surface area (Å²) in [5.74, 6) is -1.62. The quantitative estimate of drug-likeness (QED) is 0.428. The third-order valence-electron chi connectivity index (χ3n) is 4.47. The Bertz CT molecular complexity index is 850. The SMILES string of the molecule is CC(C)C[C@H](NC(=O)[C@@H](N)Cc1cn(CCNC(=O)c2ccccc2)cn1)C(=O)O. The van der Waals surface area contributed by atoms with Crippen molar-refractivity contribution < 1.29 is 19.5 Å². The highest BCUT2D eigenvalue weighted by molar-refractivity contribution is 5.94. The molecule has 0 aliphatic heterocycles. The largest absolute Gasteiger partial charge is 0.480 e. The van der Waals surface area contributed by atoms with Gasteiger partial charge in [0.15, 0.2) is 0 Å². The minimum Gasteiger partial charge on any atom is -0.480 e. The first kappa shape index (κ1) is 23.1. The number of carboxylic acids is 1. The van der Waals surface area contributed by atoms with Crippen LogP contribution in [0, 0.1) is 5.92 Å². The number of nitrogens with two attached hydrogens (primary N) is 1. The van der Waals surface area contributed by atoms with Crippen LogP contribution in [-0.4, -0.2) is 51.1 Å². The number of rotatable bonds is 11. The second kappa shape index (κ2) is 11.1. The summed E-state index contributed by atoms with van der Waals surface area (Å²) in [6, 6.07) is 7.08. The molecule has 2 rings (SSSR count). The number of amides is 2. The molecule has 0 saturated carbocycles. The maximum atomic E-state index is 12.3. The van der Waals surface area contributed by atoms with E-state index < -0.39 is 24.0 Å². The third kappa shape index (κ3) is 7.32. The first-order valence-electron chi connectivity index (χ1n) is 9.89. The van der Waals surface area contributed by atoms with Crippen molar-refractivity contribution in [1.29, 1.82) is 0 Å². The van der Waals surface area contributed by atoms with Crippen molar-refractivity contribution >= 4 is 17.8 Å². The summed E-state index contributed by atoms with van der Waals surface area (Å²) in [7, 11) is 0. The van der Waals surface area contributed by atoms with Crippen LogP contribution >= 0.6 is 0 Å². The van der Waals surface area contributed by atoms with E-state index in [9.17, 15) is 19.5 Å². The van der Waals surface area contributed by atoms with E-state index in [1.54, 1.807) is 41.4 Å². The Labute approximate surface area is 175 Å². The van der Waals surface area contributed by atoms with Gasteiger partial charge in [-0.05, 0) is 24.5 Å². The highest BCUT2D eigenvalue weighted by atomic mass is 16.4. The normalized spacial score (nSPS) is 12.9. The van der Waals surface area contributed by atoms with E-state index in [-0.39, 0.29) is 18.2 Å². The molecule has 0 unspecified atom stereocenters. The van der Waals surface area contributed by atoms with Crippen LogP contribution in [0.1, 0.15) is 36.3 Å². The molecular formula is C21H29N5O4. The molecule has 9 nitrogen and oxygen atoms in total. The predicted molar refractivity (Wildman–Crippen MR) is 112 cm³/mol. The number of hydrogen-bond acceptors (Lipinski definition) is 5. The molecule has 0 bridgehead atoms. The van der Waals surface area contributed by atoms with Gasteiger partial charge in [-0.3, -0.25) is 9.59 Å². The third-order valence-corrected chi connectivity index (χ3v) is 4.47. The molecule has 0 aliphatic rings. The fourth-order valence-electron chi connectivity index (χ4n) is 2.91. The number of carbonyl (C=O) groups is 3. The molecule has 2 atom stereocenters. The first-order chi connectivity index (χ1) is 14.3. The minimum absolute atomic E-state index is 0.126. The van der Waals surface area contributed by atoms with Gasteiger partial charge in [0.05, 0.1) is 18.1 Å². The molecule has 1 aromatic carbocycles. The number of carboxylic acid groups (broad SMARTS) is 1. The van der Waals surface area contributed by atoms with Crippen LogP contribution in [0.15, 0.2) is 42.9 Å². The van der Waals surface area contributed by atoms with E-state index in [0.717, 1.165) is 0 Å². The zero-order valence-electron chi connectivity index (χ0n) is 17.2. The van der Waals surface area contributed by atoms with Gasteiger partial charge < -0.3 is 26.0 Å². The van der Waals surface area contributed by atoms with Gasteiger partial charge in [0, 0.05) is 31.3 Å². The topological polar surface area (TPSA) is 139 Å². The fraction of sp³-hybridized carbons (Fsp3) is 0.429. The molecule has 5 N–H and O–H groups in total. The average molecular weight is 415 g/mol. The van der Waals surface area contributed by atoms with Crippen molar-refractivity contribution in [3.05, 3.63) is 54.1 Å². The van der Waals surface area contributed by atoms with Crippen LogP contribution in [-0.2, 0) is 22.6 Å². The number of imidazole rings is 1. The Balaban J connectivity index is 1.80. The van der Waals surface area contributed by atoms with Crippen molar-refractivity contribution in [2.24, 2.45) is 11.7 Å². The van der Waals surface area contributed by atoms with Gasteiger partial charge in [0.25, 0.3) is 5.91 Å². The molecule has 0 saturated heterocycles. The summed E-state index contributed by atoms with van der Waals surface area (Å²) in [6.45, 7) is 4.71. The van der Waals surface area contributed by atoms with Crippen molar-refractivity contribution in [3.63, 3.8) is 0 Å². The number of aromatic nitrogens is 2. The minimum atomic E-state index is -1.08. The van der Waals surface area contributed by atoms with E-state index in [1.165, 1.54) is 0 Å². The lowest BCUT2D eigenvalue weighted by molar-refractivity contribution is -0.142. The van der Waals surface area contributed by atoms with Gasteiger partial charge in [-0.1, -0.05) is 32.0 Å². The fourth-order valence-corrected chi connectivity index (χ4v) is 2.91. The Morgan fingerprint density at radius 1 is 1.20 bits per heavy atom. The predicted octanol–water partition coefficient (Wildman–Crippen LogP) is 0.798. The zero-order valence-corrected chi connectivity index (χ0v) is 17.2. The lowest BCUT2D eigenvalue weighted by atomic mass is 10.0. The summed E-state index contributed by atoms with van der Waals surface area (Å²) in [6.07, 6.45) is 3.87.